The second-order valence-corrected chi connectivity index (χ2v) is 5.65. The van der Waals surface area contributed by atoms with Gasteiger partial charge < -0.3 is 4.74 Å². The van der Waals surface area contributed by atoms with E-state index in [9.17, 15) is 8.78 Å². The standard InChI is InChI=1S/C18H21F2NO/c1-12-8-14(9-13(2)18(12)22-4)10-21(3)11-15-6-5-7-16(19)17(15)20/h5-9H,10-11H2,1-4H3. The molecule has 2 rings (SSSR count). The molecule has 2 aromatic rings. The minimum Gasteiger partial charge on any atom is -0.496 e. The van der Waals surface area contributed by atoms with E-state index < -0.39 is 11.6 Å². The van der Waals surface area contributed by atoms with Crippen molar-refractivity contribution in [3.05, 3.63) is 64.2 Å². The highest BCUT2D eigenvalue weighted by Crippen LogP contribution is 2.25. The van der Waals surface area contributed by atoms with E-state index in [0.29, 0.717) is 18.7 Å². The van der Waals surface area contributed by atoms with E-state index in [4.69, 9.17) is 4.74 Å². The predicted octanol–water partition coefficient (Wildman–Crippen LogP) is 4.22. The largest absolute Gasteiger partial charge is 0.496 e. The van der Waals surface area contributed by atoms with Crippen LogP contribution in [0.2, 0.25) is 0 Å². The van der Waals surface area contributed by atoms with Crippen molar-refractivity contribution in [2.24, 2.45) is 0 Å². The van der Waals surface area contributed by atoms with Gasteiger partial charge in [0.15, 0.2) is 11.6 Å². The van der Waals surface area contributed by atoms with E-state index in [1.807, 2.05) is 25.8 Å². The number of hydrogen-bond donors (Lipinski definition) is 0. The lowest BCUT2D eigenvalue weighted by Crippen LogP contribution is -2.18. The van der Waals surface area contributed by atoms with Crippen LogP contribution < -0.4 is 4.74 Å². The average molecular weight is 305 g/mol. The fourth-order valence-electron chi connectivity index (χ4n) is 2.78. The summed E-state index contributed by atoms with van der Waals surface area (Å²) in [6.07, 6.45) is 0. The number of benzene rings is 2. The number of hydrogen-bond acceptors (Lipinski definition) is 2. The molecule has 0 radical (unpaired) electrons. The zero-order valence-electron chi connectivity index (χ0n) is 13.4. The Morgan fingerprint density at radius 2 is 1.68 bits per heavy atom. The summed E-state index contributed by atoms with van der Waals surface area (Å²) in [4.78, 5) is 1.96. The quantitative estimate of drug-likeness (QED) is 0.820. The highest BCUT2D eigenvalue weighted by atomic mass is 19.2. The summed E-state index contributed by atoms with van der Waals surface area (Å²) in [6.45, 7) is 5.01. The van der Waals surface area contributed by atoms with Crippen molar-refractivity contribution < 1.29 is 13.5 Å². The second-order valence-electron chi connectivity index (χ2n) is 5.65. The highest BCUT2D eigenvalue weighted by Gasteiger charge is 2.11. The third kappa shape index (κ3) is 3.63. The third-order valence-corrected chi connectivity index (χ3v) is 3.65. The molecule has 0 unspecified atom stereocenters. The predicted molar refractivity (Wildman–Crippen MR) is 84.0 cm³/mol. The van der Waals surface area contributed by atoms with Gasteiger partial charge in [-0.3, -0.25) is 4.90 Å². The smallest absolute Gasteiger partial charge is 0.163 e. The maximum absolute atomic E-state index is 13.7. The molecule has 118 valence electrons. The van der Waals surface area contributed by atoms with E-state index in [2.05, 4.69) is 12.1 Å². The van der Waals surface area contributed by atoms with E-state index in [1.54, 1.807) is 13.2 Å². The Morgan fingerprint density at radius 3 is 2.27 bits per heavy atom. The summed E-state index contributed by atoms with van der Waals surface area (Å²) in [7, 11) is 3.55. The van der Waals surface area contributed by atoms with Crippen LogP contribution in [0.5, 0.6) is 5.75 Å². The number of ether oxygens (including phenoxy) is 1. The topological polar surface area (TPSA) is 12.5 Å². The van der Waals surface area contributed by atoms with Crippen LogP contribution in [-0.4, -0.2) is 19.1 Å². The molecule has 0 amide bonds. The molecule has 2 aromatic carbocycles. The summed E-state index contributed by atoms with van der Waals surface area (Å²) >= 11 is 0. The fourth-order valence-corrected chi connectivity index (χ4v) is 2.78. The Hall–Kier alpha value is -1.94. The molecule has 0 bridgehead atoms. The Kier molecular flexibility index (Phi) is 5.14. The van der Waals surface area contributed by atoms with Crippen LogP contribution in [0.15, 0.2) is 30.3 Å². The molecule has 0 aliphatic heterocycles. The van der Waals surface area contributed by atoms with Crippen LogP contribution in [0.1, 0.15) is 22.3 Å². The zero-order valence-corrected chi connectivity index (χ0v) is 13.4. The third-order valence-electron chi connectivity index (χ3n) is 3.65. The molecule has 22 heavy (non-hydrogen) atoms. The Balaban J connectivity index is 2.12. The van der Waals surface area contributed by atoms with Gasteiger partial charge in [0.05, 0.1) is 7.11 Å². The van der Waals surface area contributed by atoms with Crippen LogP contribution >= 0.6 is 0 Å². The van der Waals surface area contributed by atoms with Gasteiger partial charge in [-0.15, -0.1) is 0 Å². The molecule has 0 aliphatic carbocycles. The molecular weight excluding hydrogens is 284 g/mol. The fraction of sp³-hybridized carbons (Fsp3) is 0.333. The molecule has 2 nitrogen and oxygen atoms in total. The number of aryl methyl sites for hydroxylation is 2. The van der Waals surface area contributed by atoms with Crippen molar-refractivity contribution in [3.8, 4) is 5.75 Å². The summed E-state index contributed by atoms with van der Waals surface area (Å²) < 4.78 is 32.3. The molecule has 0 aromatic heterocycles. The number of methoxy groups -OCH3 is 1. The SMILES string of the molecule is COc1c(C)cc(CN(C)Cc2cccc(F)c2F)cc1C. The van der Waals surface area contributed by atoms with Gasteiger partial charge in [-0.05, 0) is 43.7 Å². The maximum atomic E-state index is 13.7. The first-order chi connectivity index (χ1) is 10.4. The number of rotatable bonds is 5. The molecule has 0 saturated heterocycles. The first-order valence-electron chi connectivity index (χ1n) is 7.18. The van der Waals surface area contributed by atoms with Gasteiger partial charge in [-0.1, -0.05) is 24.3 Å². The van der Waals surface area contributed by atoms with Gasteiger partial charge in [0.1, 0.15) is 5.75 Å². The number of halogens is 2. The van der Waals surface area contributed by atoms with Gasteiger partial charge in [0.25, 0.3) is 0 Å². The Labute approximate surface area is 130 Å². The van der Waals surface area contributed by atoms with Gasteiger partial charge in [0.2, 0.25) is 0 Å². The molecule has 0 saturated carbocycles. The molecule has 4 heteroatoms. The lowest BCUT2D eigenvalue weighted by atomic mass is 10.1. The van der Waals surface area contributed by atoms with E-state index in [-0.39, 0.29) is 0 Å². The van der Waals surface area contributed by atoms with Crippen LogP contribution in [0.25, 0.3) is 0 Å². The summed E-state index contributed by atoms with van der Waals surface area (Å²) in [5, 5.41) is 0. The normalized spacial score (nSPS) is 11.0. The van der Waals surface area contributed by atoms with Gasteiger partial charge in [-0.25, -0.2) is 8.78 Å². The van der Waals surface area contributed by atoms with E-state index in [1.165, 1.54) is 6.07 Å². The first kappa shape index (κ1) is 16.4. The van der Waals surface area contributed by atoms with Gasteiger partial charge in [-0.2, -0.15) is 0 Å². The minimum atomic E-state index is -0.804. The maximum Gasteiger partial charge on any atom is 0.163 e. The van der Waals surface area contributed by atoms with Crippen molar-refractivity contribution in [1.82, 2.24) is 4.90 Å². The highest BCUT2D eigenvalue weighted by molar-refractivity contribution is 5.43. The first-order valence-corrected chi connectivity index (χ1v) is 7.18. The molecule has 0 aliphatic rings. The van der Waals surface area contributed by atoms with Crippen LogP contribution in [0.4, 0.5) is 8.78 Å². The van der Waals surface area contributed by atoms with Crippen molar-refractivity contribution in [1.29, 1.82) is 0 Å². The van der Waals surface area contributed by atoms with E-state index in [0.717, 1.165) is 28.5 Å². The molecule has 0 N–H and O–H groups in total. The van der Waals surface area contributed by atoms with Crippen LogP contribution in [0.3, 0.4) is 0 Å². The molecule has 0 fully saturated rings. The lowest BCUT2D eigenvalue weighted by molar-refractivity contribution is 0.310. The van der Waals surface area contributed by atoms with Crippen molar-refractivity contribution in [2.75, 3.05) is 14.2 Å². The zero-order chi connectivity index (χ0) is 16.3. The average Bonchev–Trinajstić information content (AvgIpc) is 2.43. The molecule has 0 heterocycles. The van der Waals surface area contributed by atoms with Crippen LogP contribution in [0, 0.1) is 25.5 Å². The molecule has 0 spiro atoms. The Morgan fingerprint density at radius 1 is 1.05 bits per heavy atom. The van der Waals surface area contributed by atoms with Gasteiger partial charge >= 0.3 is 0 Å². The molecular formula is C18H21F2NO. The second kappa shape index (κ2) is 6.88. The monoisotopic (exact) mass is 305 g/mol. The van der Waals surface area contributed by atoms with Crippen LogP contribution in [-0.2, 0) is 13.1 Å². The van der Waals surface area contributed by atoms with E-state index >= 15 is 0 Å². The summed E-state index contributed by atoms with van der Waals surface area (Å²) in [6, 6.07) is 8.40. The van der Waals surface area contributed by atoms with Crippen molar-refractivity contribution >= 4 is 0 Å². The van der Waals surface area contributed by atoms with Crippen molar-refractivity contribution in [2.45, 2.75) is 26.9 Å². The van der Waals surface area contributed by atoms with Crippen molar-refractivity contribution in [3.63, 3.8) is 0 Å². The molecule has 0 atom stereocenters. The summed E-state index contributed by atoms with van der Waals surface area (Å²) in [5.74, 6) is -0.680. The number of nitrogens with zero attached hydrogens (tertiary/aromatic N) is 1. The van der Waals surface area contributed by atoms with Gasteiger partial charge in [0, 0.05) is 18.7 Å². The minimum absolute atomic E-state index is 0.355. The lowest BCUT2D eigenvalue weighted by Gasteiger charge is -2.19. The summed E-state index contributed by atoms with van der Waals surface area (Å²) in [5.41, 5.74) is 3.63. The Bertz CT molecular complexity index is 647.